The third kappa shape index (κ3) is 3.10. The second kappa shape index (κ2) is 6.25. The first-order chi connectivity index (χ1) is 12.1. The monoisotopic (exact) mass is 356 g/mol. The number of benzene rings is 2. The van der Waals surface area contributed by atoms with E-state index in [-0.39, 0.29) is 4.90 Å². The van der Waals surface area contributed by atoms with Gasteiger partial charge in [0, 0.05) is 24.1 Å². The molecule has 0 saturated heterocycles. The van der Waals surface area contributed by atoms with Crippen LogP contribution < -0.4 is 14.2 Å². The Morgan fingerprint density at radius 2 is 1.76 bits per heavy atom. The van der Waals surface area contributed by atoms with Crippen molar-refractivity contribution in [1.82, 2.24) is 4.98 Å². The summed E-state index contributed by atoms with van der Waals surface area (Å²) >= 11 is 0. The summed E-state index contributed by atoms with van der Waals surface area (Å²) in [4.78, 5) is 4.34. The van der Waals surface area contributed by atoms with Gasteiger partial charge in [-0.1, -0.05) is 18.2 Å². The van der Waals surface area contributed by atoms with Crippen molar-refractivity contribution < 1.29 is 17.9 Å². The molecule has 0 atom stereocenters. The van der Waals surface area contributed by atoms with Crippen molar-refractivity contribution >= 4 is 26.6 Å². The number of anilines is 1. The van der Waals surface area contributed by atoms with Gasteiger partial charge in [0.1, 0.15) is 4.90 Å². The molecule has 1 aromatic heterocycles. The van der Waals surface area contributed by atoms with Crippen LogP contribution in [-0.2, 0) is 10.0 Å². The van der Waals surface area contributed by atoms with E-state index in [1.807, 2.05) is 12.1 Å². The molecule has 1 aliphatic rings. The number of nitrogens with one attached hydrogen (secondary N) is 1. The Balaban J connectivity index is 1.71. The highest BCUT2D eigenvalue weighted by Gasteiger charge is 2.19. The standard InChI is InChI=1S/C18H16N2O4S/c21-25(22,17-6-1-4-13-5-2-9-19-18(13)17)20-14-7-8-15-16(12-14)24-11-3-10-23-15/h1-2,4-9,12,20H,3,10-11H2. The molecule has 0 saturated carbocycles. The van der Waals surface area contributed by atoms with Gasteiger partial charge in [0.25, 0.3) is 10.0 Å². The van der Waals surface area contributed by atoms with Crippen molar-refractivity contribution in [3.8, 4) is 11.5 Å². The van der Waals surface area contributed by atoms with Gasteiger partial charge in [-0.25, -0.2) is 8.42 Å². The molecular formula is C18H16N2O4S. The smallest absolute Gasteiger partial charge is 0.264 e. The lowest BCUT2D eigenvalue weighted by Crippen LogP contribution is -2.13. The summed E-state index contributed by atoms with van der Waals surface area (Å²) in [5, 5.41) is 0.768. The summed E-state index contributed by atoms with van der Waals surface area (Å²) in [6, 6.07) is 13.7. The fourth-order valence-electron chi connectivity index (χ4n) is 2.73. The minimum Gasteiger partial charge on any atom is -0.490 e. The molecule has 6 nitrogen and oxygen atoms in total. The maximum Gasteiger partial charge on any atom is 0.264 e. The Kier molecular flexibility index (Phi) is 3.93. The van der Waals surface area contributed by atoms with E-state index >= 15 is 0 Å². The van der Waals surface area contributed by atoms with Crippen LogP contribution in [0.25, 0.3) is 10.9 Å². The molecule has 4 rings (SSSR count). The number of para-hydroxylation sites is 1. The Bertz CT molecular complexity index is 1030. The average Bonchev–Trinajstić information content (AvgIpc) is 2.86. The summed E-state index contributed by atoms with van der Waals surface area (Å²) in [5.74, 6) is 1.15. The molecule has 0 aliphatic carbocycles. The van der Waals surface area contributed by atoms with E-state index in [2.05, 4.69) is 9.71 Å². The van der Waals surface area contributed by atoms with Crippen molar-refractivity contribution in [2.75, 3.05) is 17.9 Å². The molecule has 1 aliphatic heterocycles. The van der Waals surface area contributed by atoms with E-state index < -0.39 is 10.0 Å². The number of ether oxygens (including phenoxy) is 2. The third-order valence-electron chi connectivity index (χ3n) is 3.88. The lowest BCUT2D eigenvalue weighted by Gasteiger charge is -2.12. The maximum atomic E-state index is 12.8. The molecule has 25 heavy (non-hydrogen) atoms. The predicted molar refractivity (Wildman–Crippen MR) is 94.6 cm³/mol. The highest BCUT2D eigenvalue weighted by Crippen LogP contribution is 2.33. The molecule has 0 radical (unpaired) electrons. The van der Waals surface area contributed by atoms with Crippen molar-refractivity contribution in [3.63, 3.8) is 0 Å². The van der Waals surface area contributed by atoms with Gasteiger partial charge in [0.05, 0.1) is 24.4 Å². The second-order valence-electron chi connectivity index (χ2n) is 5.65. The van der Waals surface area contributed by atoms with Crippen LogP contribution in [0.4, 0.5) is 5.69 Å². The summed E-state index contributed by atoms with van der Waals surface area (Å²) in [5.41, 5.74) is 0.851. The summed E-state index contributed by atoms with van der Waals surface area (Å²) in [7, 11) is -3.78. The van der Waals surface area contributed by atoms with Gasteiger partial charge in [-0.05, 0) is 24.3 Å². The van der Waals surface area contributed by atoms with E-state index in [4.69, 9.17) is 9.47 Å². The van der Waals surface area contributed by atoms with Crippen LogP contribution >= 0.6 is 0 Å². The van der Waals surface area contributed by atoms with Gasteiger partial charge in [-0.3, -0.25) is 9.71 Å². The minimum atomic E-state index is -3.78. The SMILES string of the molecule is O=S(=O)(Nc1ccc2c(c1)OCCCO2)c1cccc2cccnc12. The van der Waals surface area contributed by atoms with Crippen LogP contribution in [0.2, 0.25) is 0 Å². The Morgan fingerprint density at radius 3 is 2.64 bits per heavy atom. The van der Waals surface area contributed by atoms with Crippen LogP contribution in [0.5, 0.6) is 11.5 Å². The highest BCUT2D eigenvalue weighted by molar-refractivity contribution is 7.93. The first-order valence-corrected chi connectivity index (χ1v) is 9.38. The van der Waals surface area contributed by atoms with Crippen LogP contribution in [0.15, 0.2) is 59.6 Å². The zero-order chi connectivity index (χ0) is 17.3. The van der Waals surface area contributed by atoms with E-state index in [0.29, 0.717) is 35.9 Å². The topological polar surface area (TPSA) is 77.5 Å². The zero-order valence-electron chi connectivity index (χ0n) is 13.3. The second-order valence-corrected chi connectivity index (χ2v) is 7.30. The van der Waals surface area contributed by atoms with Crippen molar-refractivity contribution in [3.05, 3.63) is 54.7 Å². The van der Waals surface area contributed by atoms with Gasteiger partial charge < -0.3 is 9.47 Å². The van der Waals surface area contributed by atoms with E-state index in [0.717, 1.165) is 11.8 Å². The predicted octanol–water partition coefficient (Wildman–Crippen LogP) is 3.20. The Labute approximate surface area is 145 Å². The largest absolute Gasteiger partial charge is 0.490 e. The summed E-state index contributed by atoms with van der Waals surface area (Å²) in [6.45, 7) is 1.12. The van der Waals surface area contributed by atoms with Crippen LogP contribution in [0.3, 0.4) is 0 Å². The average molecular weight is 356 g/mol. The third-order valence-corrected chi connectivity index (χ3v) is 5.30. The van der Waals surface area contributed by atoms with Crippen molar-refractivity contribution in [1.29, 1.82) is 0 Å². The first kappa shape index (κ1) is 15.7. The molecule has 1 N–H and O–H groups in total. The summed E-state index contributed by atoms with van der Waals surface area (Å²) < 4.78 is 39.4. The molecule has 128 valence electrons. The number of nitrogens with zero attached hydrogens (tertiary/aromatic N) is 1. The van der Waals surface area contributed by atoms with Crippen LogP contribution in [-0.4, -0.2) is 26.6 Å². The minimum absolute atomic E-state index is 0.137. The zero-order valence-corrected chi connectivity index (χ0v) is 14.1. The molecule has 2 aromatic carbocycles. The van der Waals surface area contributed by atoms with Gasteiger partial charge in [-0.15, -0.1) is 0 Å². The van der Waals surface area contributed by atoms with Crippen molar-refractivity contribution in [2.45, 2.75) is 11.3 Å². The van der Waals surface area contributed by atoms with E-state index in [9.17, 15) is 8.42 Å². The van der Waals surface area contributed by atoms with Crippen molar-refractivity contribution in [2.24, 2.45) is 0 Å². The highest BCUT2D eigenvalue weighted by atomic mass is 32.2. The maximum absolute atomic E-state index is 12.8. The number of rotatable bonds is 3. The molecule has 7 heteroatoms. The van der Waals surface area contributed by atoms with Crippen LogP contribution in [0, 0.1) is 0 Å². The van der Waals surface area contributed by atoms with Gasteiger partial charge in [0.15, 0.2) is 11.5 Å². The van der Waals surface area contributed by atoms with E-state index in [1.54, 1.807) is 42.6 Å². The molecule has 0 bridgehead atoms. The first-order valence-electron chi connectivity index (χ1n) is 7.90. The Morgan fingerprint density at radius 1 is 0.960 bits per heavy atom. The molecule has 0 spiro atoms. The lowest BCUT2D eigenvalue weighted by atomic mass is 10.2. The van der Waals surface area contributed by atoms with E-state index in [1.165, 1.54) is 0 Å². The molecular weight excluding hydrogens is 340 g/mol. The molecule has 0 unspecified atom stereocenters. The number of hydrogen-bond donors (Lipinski definition) is 1. The normalized spacial score (nSPS) is 14.1. The lowest BCUT2D eigenvalue weighted by molar-refractivity contribution is 0.297. The number of sulfonamides is 1. The fraction of sp³-hybridized carbons (Fsp3) is 0.167. The summed E-state index contributed by atoms with van der Waals surface area (Å²) in [6.07, 6.45) is 2.37. The molecule has 3 aromatic rings. The number of fused-ring (bicyclic) bond motifs is 2. The Hall–Kier alpha value is -2.80. The van der Waals surface area contributed by atoms with Gasteiger partial charge in [-0.2, -0.15) is 0 Å². The quantitative estimate of drug-likeness (QED) is 0.780. The van der Waals surface area contributed by atoms with Gasteiger partial charge in [0.2, 0.25) is 0 Å². The molecule has 2 heterocycles. The number of aromatic nitrogens is 1. The fourth-order valence-corrected chi connectivity index (χ4v) is 3.96. The molecule has 0 amide bonds. The number of hydrogen-bond acceptors (Lipinski definition) is 5. The molecule has 0 fully saturated rings. The number of pyridine rings is 1. The van der Waals surface area contributed by atoms with Gasteiger partial charge >= 0.3 is 0 Å². The van der Waals surface area contributed by atoms with Crippen LogP contribution in [0.1, 0.15) is 6.42 Å².